The molecule has 0 amide bonds. The van der Waals surface area contributed by atoms with E-state index in [9.17, 15) is 14.0 Å². The first-order valence-corrected chi connectivity index (χ1v) is 4.52. The summed E-state index contributed by atoms with van der Waals surface area (Å²) in [6.45, 7) is 1.36. The number of carboxylic acids is 1. The summed E-state index contributed by atoms with van der Waals surface area (Å²) in [6.07, 6.45) is -0.357. The second kappa shape index (κ2) is 5.08. The highest BCUT2D eigenvalue weighted by atomic mass is 19.1. The molecule has 0 aliphatic rings. The normalized spacial score (nSPS) is 9.12. The highest BCUT2D eigenvalue weighted by molar-refractivity contribution is 5.94. The van der Waals surface area contributed by atoms with Crippen LogP contribution < -0.4 is 0 Å². The number of carbonyl (C=O) groups is 2. The summed E-state index contributed by atoms with van der Waals surface area (Å²) < 4.78 is 13.2. The molecule has 1 aromatic rings. The Morgan fingerprint density at radius 2 is 2.12 bits per heavy atom. The zero-order valence-electron chi connectivity index (χ0n) is 8.58. The number of hydrogen-bond donors (Lipinski definition) is 1. The van der Waals surface area contributed by atoms with E-state index >= 15 is 0 Å². The monoisotopic (exact) mass is 220 g/mol. The summed E-state index contributed by atoms with van der Waals surface area (Å²) in [5.74, 6) is 2.86. The third-order valence-electron chi connectivity index (χ3n) is 1.84. The van der Waals surface area contributed by atoms with Gasteiger partial charge in [0.1, 0.15) is 12.2 Å². The molecule has 0 unspecified atom stereocenters. The van der Waals surface area contributed by atoms with Gasteiger partial charge in [-0.15, -0.1) is 0 Å². The summed E-state index contributed by atoms with van der Waals surface area (Å²) in [5.41, 5.74) is 0.384. The number of hydrogen-bond acceptors (Lipinski definition) is 2. The Bertz CT molecular complexity index is 495. The van der Waals surface area contributed by atoms with Gasteiger partial charge < -0.3 is 5.11 Å². The Hall–Kier alpha value is -2.15. The molecule has 1 N–H and O–H groups in total. The Kier molecular flexibility index (Phi) is 3.78. The zero-order chi connectivity index (χ0) is 12.1. The molecule has 0 fully saturated rings. The molecule has 0 aromatic heterocycles. The van der Waals surface area contributed by atoms with Gasteiger partial charge in [-0.05, 0) is 25.1 Å². The average Bonchev–Trinajstić information content (AvgIpc) is 2.20. The van der Waals surface area contributed by atoms with Crippen molar-refractivity contribution in [3.05, 3.63) is 35.1 Å². The summed E-state index contributed by atoms with van der Waals surface area (Å²) in [7, 11) is 0. The van der Waals surface area contributed by atoms with Crippen molar-refractivity contribution in [1.82, 2.24) is 0 Å². The van der Waals surface area contributed by atoms with Crippen LogP contribution in [0.4, 0.5) is 4.39 Å². The maximum absolute atomic E-state index is 13.2. The minimum atomic E-state index is -1.07. The molecule has 16 heavy (non-hydrogen) atoms. The number of rotatable bonds is 2. The molecule has 0 bridgehead atoms. The molecule has 3 nitrogen and oxygen atoms in total. The first-order chi connectivity index (χ1) is 7.50. The average molecular weight is 220 g/mol. The molecule has 0 aliphatic heterocycles. The fraction of sp³-hybridized carbons (Fsp3) is 0.167. The van der Waals surface area contributed by atoms with E-state index in [1.165, 1.54) is 19.1 Å². The second-order valence-corrected chi connectivity index (χ2v) is 3.12. The van der Waals surface area contributed by atoms with Gasteiger partial charge in [0, 0.05) is 5.56 Å². The van der Waals surface area contributed by atoms with Crippen molar-refractivity contribution in [1.29, 1.82) is 0 Å². The van der Waals surface area contributed by atoms with Gasteiger partial charge in [-0.3, -0.25) is 9.59 Å². The van der Waals surface area contributed by atoms with E-state index in [1.54, 1.807) is 0 Å². The van der Waals surface area contributed by atoms with Crippen LogP contribution in [0.3, 0.4) is 0 Å². The summed E-state index contributed by atoms with van der Waals surface area (Å²) in [5, 5.41) is 8.35. The predicted octanol–water partition coefficient (Wildman–Crippen LogP) is 1.85. The van der Waals surface area contributed by atoms with Crippen molar-refractivity contribution in [3.8, 4) is 11.8 Å². The highest BCUT2D eigenvalue weighted by Gasteiger charge is 2.04. The van der Waals surface area contributed by atoms with Crippen LogP contribution in [0.15, 0.2) is 18.2 Å². The van der Waals surface area contributed by atoms with Crippen LogP contribution in [-0.2, 0) is 4.79 Å². The molecule has 0 radical (unpaired) electrons. The van der Waals surface area contributed by atoms with Crippen molar-refractivity contribution < 1.29 is 19.1 Å². The van der Waals surface area contributed by atoms with Crippen LogP contribution in [0.25, 0.3) is 0 Å². The third kappa shape index (κ3) is 3.21. The largest absolute Gasteiger partial charge is 0.481 e. The van der Waals surface area contributed by atoms with Crippen LogP contribution in [-0.4, -0.2) is 16.9 Å². The van der Waals surface area contributed by atoms with Gasteiger partial charge in [-0.25, -0.2) is 4.39 Å². The molecule has 0 saturated heterocycles. The molecule has 4 heteroatoms. The predicted molar refractivity (Wildman–Crippen MR) is 55.5 cm³/mol. The molecule has 0 spiro atoms. The lowest BCUT2D eigenvalue weighted by Crippen LogP contribution is -1.95. The third-order valence-corrected chi connectivity index (χ3v) is 1.84. The van der Waals surface area contributed by atoms with Crippen LogP contribution in [0.5, 0.6) is 0 Å². The van der Waals surface area contributed by atoms with Gasteiger partial charge >= 0.3 is 5.97 Å². The summed E-state index contributed by atoms with van der Waals surface area (Å²) in [4.78, 5) is 21.2. The Morgan fingerprint density at radius 1 is 1.44 bits per heavy atom. The lowest BCUT2D eigenvalue weighted by molar-refractivity contribution is -0.135. The van der Waals surface area contributed by atoms with E-state index in [4.69, 9.17) is 5.11 Å². The topological polar surface area (TPSA) is 54.4 Å². The Morgan fingerprint density at radius 3 is 2.69 bits per heavy atom. The minimum Gasteiger partial charge on any atom is -0.481 e. The van der Waals surface area contributed by atoms with Gasteiger partial charge in [0.15, 0.2) is 5.78 Å². The summed E-state index contributed by atoms with van der Waals surface area (Å²) in [6, 6.07) is 3.81. The van der Waals surface area contributed by atoms with E-state index < -0.39 is 11.8 Å². The Balaban J connectivity index is 3.01. The number of Topliss-reactive ketones (excluding diaryl/α,β-unsaturated/α-hetero) is 1. The molecular weight excluding hydrogens is 211 g/mol. The van der Waals surface area contributed by atoms with Crippen molar-refractivity contribution in [2.24, 2.45) is 0 Å². The van der Waals surface area contributed by atoms with Crippen molar-refractivity contribution in [2.75, 3.05) is 0 Å². The number of ketones is 1. The van der Waals surface area contributed by atoms with Gasteiger partial charge in [0.25, 0.3) is 0 Å². The molecule has 82 valence electrons. The van der Waals surface area contributed by atoms with Crippen molar-refractivity contribution in [3.63, 3.8) is 0 Å². The smallest absolute Gasteiger partial charge is 0.315 e. The molecule has 1 aromatic carbocycles. The maximum atomic E-state index is 13.2. The maximum Gasteiger partial charge on any atom is 0.315 e. The van der Waals surface area contributed by atoms with Gasteiger partial charge in [0.2, 0.25) is 0 Å². The zero-order valence-corrected chi connectivity index (χ0v) is 8.58. The van der Waals surface area contributed by atoms with Gasteiger partial charge in [-0.1, -0.05) is 11.8 Å². The number of aliphatic carboxylic acids is 1. The molecule has 0 heterocycles. The SMILES string of the molecule is CC(=O)c1ccc(F)c(C#CCC(=O)O)c1. The fourth-order valence-corrected chi connectivity index (χ4v) is 1.06. The van der Waals surface area contributed by atoms with E-state index in [0.717, 1.165) is 6.07 Å². The molecular formula is C12H9FO3. The quantitative estimate of drug-likeness (QED) is 0.611. The molecule has 0 aliphatic carbocycles. The number of halogens is 1. The lowest BCUT2D eigenvalue weighted by Gasteiger charge is -1.97. The van der Waals surface area contributed by atoms with Crippen molar-refractivity contribution in [2.45, 2.75) is 13.3 Å². The number of benzene rings is 1. The molecule has 1 rings (SSSR count). The van der Waals surface area contributed by atoms with Gasteiger partial charge in [-0.2, -0.15) is 0 Å². The van der Waals surface area contributed by atoms with E-state index in [-0.39, 0.29) is 17.8 Å². The first-order valence-electron chi connectivity index (χ1n) is 4.52. The van der Waals surface area contributed by atoms with Crippen LogP contribution >= 0.6 is 0 Å². The number of carbonyl (C=O) groups excluding carboxylic acids is 1. The number of carboxylic acid groups (broad SMARTS) is 1. The fourth-order valence-electron chi connectivity index (χ4n) is 1.06. The van der Waals surface area contributed by atoms with E-state index in [2.05, 4.69) is 11.8 Å². The molecule has 0 saturated carbocycles. The summed E-state index contributed by atoms with van der Waals surface area (Å²) >= 11 is 0. The first kappa shape index (κ1) is 11.9. The Labute approximate surface area is 91.9 Å². The minimum absolute atomic E-state index is 0.0361. The highest BCUT2D eigenvalue weighted by Crippen LogP contribution is 2.10. The van der Waals surface area contributed by atoms with E-state index in [0.29, 0.717) is 5.56 Å². The lowest BCUT2D eigenvalue weighted by atomic mass is 10.1. The van der Waals surface area contributed by atoms with E-state index in [1.807, 2.05) is 0 Å². The van der Waals surface area contributed by atoms with Crippen LogP contribution in [0.1, 0.15) is 29.3 Å². The van der Waals surface area contributed by atoms with Crippen LogP contribution in [0.2, 0.25) is 0 Å². The molecule has 0 atom stereocenters. The van der Waals surface area contributed by atoms with Crippen molar-refractivity contribution >= 4 is 11.8 Å². The standard InChI is InChI=1S/C12H9FO3/c1-8(14)9-5-6-11(13)10(7-9)3-2-4-12(15)16/h5-7H,4H2,1H3,(H,15,16). The second-order valence-electron chi connectivity index (χ2n) is 3.12. The van der Waals surface area contributed by atoms with Gasteiger partial charge in [0.05, 0.1) is 5.56 Å². The van der Waals surface area contributed by atoms with Crippen LogP contribution in [0, 0.1) is 17.7 Å².